The van der Waals surface area contributed by atoms with Crippen molar-refractivity contribution >= 4 is 24.5 Å². The maximum Gasteiger partial charge on any atom is 0.331 e. The van der Waals surface area contributed by atoms with Gasteiger partial charge in [0.25, 0.3) is 0 Å². The highest BCUT2D eigenvalue weighted by Crippen LogP contribution is 2.02. The molecule has 0 aliphatic rings. The van der Waals surface area contributed by atoms with Gasteiger partial charge in [0, 0.05) is 11.8 Å². The van der Waals surface area contributed by atoms with E-state index in [1.165, 1.54) is 13.0 Å². The number of carbonyl (C=O) groups is 1. The minimum absolute atomic E-state index is 0. The number of rotatable bonds is 2. The predicted molar refractivity (Wildman–Crippen MR) is 52.8 cm³/mol. The molecule has 0 radical (unpaired) electrons. The molecular weight excluding hydrogens is 190 g/mol. The minimum atomic E-state index is -0.916. The molecule has 1 N–H and O–H groups in total. The van der Waals surface area contributed by atoms with Gasteiger partial charge in [-0.1, -0.05) is 6.07 Å². The molecule has 13 heavy (non-hydrogen) atoms. The van der Waals surface area contributed by atoms with Crippen LogP contribution in [0.3, 0.4) is 0 Å². The first-order valence-electron chi connectivity index (χ1n) is 3.53. The highest BCUT2D eigenvalue weighted by molar-refractivity contribution is 5.91. The third-order valence-electron chi connectivity index (χ3n) is 1.39. The van der Waals surface area contributed by atoms with Gasteiger partial charge in [-0.05, 0) is 25.1 Å². The molecule has 0 saturated heterocycles. The van der Waals surface area contributed by atoms with Crippen LogP contribution >= 0.6 is 12.4 Å². The van der Waals surface area contributed by atoms with Gasteiger partial charge in [-0.2, -0.15) is 0 Å². The second kappa shape index (κ2) is 5.32. The molecule has 0 fully saturated rings. The van der Waals surface area contributed by atoms with Crippen LogP contribution in [-0.2, 0) is 4.79 Å². The van der Waals surface area contributed by atoms with Crippen LogP contribution in [0.5, 0.6) is 0 Å². The Labute approximate surface area is 82.5 Å². The van der Waals surface area contributed by atoms with Crippen LogP contribution in [-0.4, -0.2) is 16.1 Å². The van der Waals surface area contributed by atoms with E-state index < -0.39 is 5.97 Å². The van der Waals surface area contributed by atoms with E-state index in [2.05, 4.69) is 4.98 Å². The molecule has 4 heteroatoms. The zero-order valence-electron chi connectivity index (χ0n) is 7.10. The third-order valence-corrected chi connectivity index (χ3v) is 1.39. The van der Waals surface area contributed by atoms with E-state index in [0.29, 0.717) is 5.69 Å². The van der Waals surface area contributed by atoms with Crippen LogP contribution in [0, 0.1) is 0 Å². The van der Waals surface area contributed by atoms with Gasteiger partial charge in [0.05, 0.1) is 5.69 Å². The summed E-state index contributed by atoms with van der Waals surface area (Å²) in [6, 6.07) is 5.36. The Balaban J connectivity index is 0.00000144. The topological polar surface area (TPSA) is 50.2 Å². The highest BCUT2D eigenvalue weighted by atomic mass is 35.5. The molecule has 1 rings (SSSR count). The summed E-state index contributed by atoms with van der Waals surface area (Å²) in [5.41, 5.74) is 0.950. The Hall–Kier alpha value is -1.35. The summed E-state index contributed by atoms with van der Waals surface area (Å²) in [5, 5.41) is 8.55. The molecule has 0 unspecified atom stereocenters. The van der Waals surface area contributed by atoms with E-state index in [4.69, 9.17) is 5.11 Å². The molecule has 1 aromatic heterocycles. The van der Waals surface area contributed by atoms with Gasteiger partial charge in [-0.25, -0.2) is 4.79 Å². The number of aliphatic carboxylic acids is 1. The molecule has 0 atom stereocenters. The van der Waals surface area contributed by atoms with E-state index in [1.54, 1.807) is 18.3 Å². The lowest BCUT2D eigenvalue weighted by atomic mass is 10.2. The first kappa shape index (κ1) is 11.6. The molecule has 1 heterocycles. The molecule has 0 amide bonds. The predicted octanol–water partition coefficient (Wildman–Crippen LogP) is 1.99. The standard InChI is InChI=1S/C9H9NO2.ClH/c1-7(9(11)12)6-8-4-2-3-5-10-8;/h2-6H,1H3,(H,11,12);1H. The van der Waals surface area contributed by atoms with Crippen molar-refractivity contribution in [3.05, 3.63) is 35.7 Å². The number of nitrogens with zero attached hydrogens (tertiary/aromatic N) is 1. The molecule has 0 aliphatic carbocycles. The van der Waals surface area contributed by atoms with Crippen LogP contribution in [0.1, 0.15) is 12.6 Å². The van der Waals surface area contributed by atoms with Crippen molar-refractivity contribution < 1.29 is 9.90 Å². The summed E-state index contributed by atoms with van der Waals surface area (Å²) in [7, 11) is 0. The molecule has 0 aromatic carbocycles. The zero-order valence-corrected chi connectivity index (χ0v) is 7.91. The van der Waals surface area contributed by atoms with Crippen molar-refractivity contribution in [3.8, 4) is 0 Å². The van der Waals surface area contributed by atoms with E-state index >= 15 is 0 Å². The Morgan fingerprint density at radius 1 is 1.54 bits per heavy atom. The molecule has 1 aromatic rings. The lowest BCUT2D eigenvalue weighted by molar-refractivity contribution is -0.132. The summed E-state index contributed by atoms with van der Waals surface area (Å²) in [6.45, 7) is 1.54. The van der Waals surface area contributed by atoms with Crippen LogP contribution < -0.4 is 0 Å². The van der Waals surface area contributed by atoms with Crippen molar-refractivity contribution in [2.75, 3.05) is 0 Å². The maximum absolute atomic E-state index is 10.4. The normalized spacial score (nSPS) is 10.4. The average Bonchev–Trinajstić information content (AvgIpc) is 2.06. The van der Waals surface area contributed by atoms with Gasteiger partial charge < -0.3 is 5.11 Å². The van der Waals surface area contributed by atoms with E-state index in [1.807, 2.05) is 6.07 Å². The molecule has 3 nitrogen and oxygen atoms in total. The van der Waals surface area contributed by atoms with Crippen molar-refractivity contribution in [2.45, 2.75) is 6.92 Å². The van der Waals surface area contributed by atoms with E-state index in [-0.39, 0.29) is 18.0 Å². The van der Waals surface area contributed by atoms with Gasteiger partial charge >= 0.3 is 5.97 Å². The molecule has 70 valence electrons. The van der Waals surface area contributed by atoms with E-state index in [0.717, 1.165) is 0 Å². The van der Waals surface area contributed by atoms with Gasteiger partial charge in [0.15, 0.2) is 0 Å². The number of carboxylic acid groups (broad SMARTS) is 1. The van der Waals surface area contributed by atoms with Crippen LogP contribution in [0.25, 0.3) is 6.08 Å². The second-order valence-corrected chi connectivity index (χ2v) is 2.39. The summed E-state index contributed by atoms with van der Waals surface area (Å²) in [6.07, 6.45) is 3.16. The van der Waals surface area contributed by atoms with Gasteiger partial charge in [-0.15, -0.1) is 12.4 Å². The Bertz CT molecular complexity index is 309. The Morgan fingerprint density at radius 2 is 2.23 bits per heavy atom. The van der Waals surface area contributed by atoms with Gasteiger partial charge in [0.2, 0.25) is 0 Å². The Kier molecular flexibility index (Phi) is 4.77. The zero-order chi connectivity index (χ0) is 8.97. The number of aromatic nitrogens is 1. The summed E-state index contributed by atoms with van der Waals surface area (Å²) >= 11 is 0. The van der Waals surface area contributed by atoms with Crippen molar-refractivity contribution in [1.29, 1.82) is 0 Å². The fourth-order valence-corrected chi connectivity index (χ4v) is 0.745. The largest absolute Gasteiger partial charge is 0.478 e. The summed E-state index contributed by atoms with van der Waals surface area (Å²) in [5.74, 6) is -0.916. The smallest absolute Gasteiger partial charge is 0.331 e. The molecule has 0 spiro atoms. The quantitative estimate of drug-likeness (QED) is 0.742. The number of halogens is 1. The van der Waals surface area contributed by atoms with Crippen LogP contribution in [0.4, 0.5) is 0 Å². The molecule has 0 saturated carbocycles. The second-order valence-electron chi connectivity index (χ2n) is 2.39. The Morgan fingerprint density at radius 3 is 2.69 bits per heavy atom. The number of pyridine rings is 1. The first-order chi connectivity index (χ1) is 5.70. The maximum atomic E-state index is 10.4. The molecular formula is C9H10ClNO2. The summed E-state index contributed by atoms with van der Waals surface area (Å²) < 4.78 is 0. The van der Waals surface area contributed by atoms with Crippen molar-refractivity contribution in [2.24, 2.45) is 0 Å². The monoisotopic (exact) mass is 199 g/mol. The number of hydrogen-bond donors (Lipinski definition) is 1. The fourth-order valence-electron chi connectivity index (χ4n) is 0.745. The number of carboxylic acids is 1. The van der Waals surface area contributed by atoms with Crippen molar-refractivity contribution in [3.63, 3.8) is 0 Å². The fraction of sp³-hybridized carbons (Fsp3) is 0.111. The molecule has 0 aliphatic heterocycles. The average molecular weight is 200 g/mol. The first-order valence-corrected chi connectivity index (χ1v) is 3.53. The molecule has 0 bridgehead atoms. The van der Waals surface area contributed by atoms with Crippen LogP contribution in [0.2, 0.25) is 0 Å². The third kappa shape index (κ3) is 3.71. The number of hydrogen-bond acceptors (Lipinski definition) is 2. The summed E-state index contributed by atoms with van der Waals surface area (Å²) in [4.78, 5) is 14.4. The van der Waals surface area contributed by atoms with Gasteiger partial charge in [0.1, 0.15) is 0 Å². The van der Waals surface area contributed by atoms with E-state index in [9.17, 15) is 4.79 Å². The lowest BCUT2D eigenvalue weighted by Crippen LogP contribution is -1.95. The SMILES string of the molecule is CC(=Cc1ccccn1)C(=O)O.Cl. The highest BCUT2D eigenvalue weighted by Gasteiger charge is 1.98. The van der Waals surface area contributed by atoms with Gasteiger partial charge in [-0.3, -0.25) is 4.98 Å². The minimum Gasteiger partial charge on any atom is -0.478 e. The lowest BCUT2D eigenvalue weighted by Gasteiger charge is -1.92. The van der Waals surface area contributed by atoms with Crippen molar-refractivity contribution in [1.82, 2.24) is 4.98 Å². The van der Waals surface area contributed by atoms with Crippen LogP contribution in [0.15, 0.2) is 30.0 Å².